The van der Waals surface area contributed by atoms with Gasteiger partial charge in [-0.25, -0.2) is 0 Å². The molecule has 0 fully saturated rings. The Balaban J connectivity index is 2.81. The lowest BCUT2D eigenvalue weighted by atomic mass is 9.83. The maximum atomic E-state index is 10.7. The molecule has 0 radical (unpaired) electrons. The van der Waals surface area contributed by atoms with E-state index >= 15 is 0 Å². The van der Waals surface area contributed by atoms with Gasteiger partial charge in [0.2, 0.25) is 0 Å². The van der Waals surface area contributed by atoms with Gasteiger partial charge in [-0.1, -0.05) is 71.7 Å². The van der Waals surface area contributed by atoms with Crippen molar-refractivity contribution >= 4 is 0 Å². The van der Waals surface area contributed by atoms with Crippen LogP contribution >= 0.6 is 0 Å². The quantitative estimate of drug-likeness (QED) is 0.776. The Labute approximate surface area is 119 Å². The van der Waals surface area contributed by atoms with E-state index in [1.165, 1.54) is 11.1 Å². The summed E-state index contributed by atoms with van der Waals surface area (Å²) in [5.41, 5.74) is 2.28. The van der Waals surface area contributed by atoms with Crippen molar-refractivity contribution in [3.8, 4) is 0 Å². The first-order valence-corrected chi connectivity index (χ1v) is 7.62. The van der Waals surface area contributed by atoms with Crippen LogP contribution in [0.4, 0.5) is 0 Å². The minimum Gasteiger partial charge on any atom is -0.390 e. The normalized spacial score (nSPS) is 12.7. The summed E-state index contributed by atoms with van der Waals surface area (Å²) in [4.78, 5) is 0. The summed E-state index contributed by atoms with van der Waals surface area (Å²) in [7, 11) is 0. The summed E-state index contributed by atoms with van der Waals surface area (Å²) in [6, 6.07) is 8.76. The van der Waals surface area contributed by atoms with Gasteiger partial charge in [0, 0.05) is 6.42 Å². The standard InChI is InChI=1S/C18H30O/c1-6-12-18(19,13-7-2)14-15-8-10-16(11-9-15)17(3,4)5/h8-11,19H,6-7,12-14H2,1-5H3. The van der Waals surface area contributed by atoms with E-state index in [9.17, 15) is 5.11 Å². The molecule has 1 aromatic rings. The lowest BCUT2D eigenvalue weighted by Crippen LogP contribution is -2.31. The van der Waals surface area contributed by atoms with E-state index in [1.54, 1.807) is 0 Å². The first kappa shape index (κ1) is 16.2. The molecule has 1 rings (SSSR count). The number of aliphatic hydroxyl groups is 1. The fourth-order valence-corrected chi connectivity index (χ4v) is 2.74. The van der Waals surface area contributed by atoms with Crippen LogP contribution in [-0.2, 0) is 11.8 Å². The average molecular weight is 262 g/mol. The van der Waals surface area contributed by atoms with Gasteiger partial charge in [-0.15, -0.1) is 0 Å². The topological polar surface area (TPSA) is 20.2 Å². The minimum atomic E-state index is -0.521. The third-order valence-corrected chi connectivity index (χ3v) is 3.78. The van der Waals surface area contributed by atoms with E-state index in [-0.39, 0.29) is 5.41 Å². The first-order valence-electron chi connectivity index (χ1n) is 7.62. The lowest BCUT2D eigenvalue weighted by molar-refractivity contribution is 0.0216. The second kappa shape index (κ2) is 6.56. The molecule has 0 amide bonds. The highest BCUT2D eigenvalue weighted by atomic mass is 16.3. The first-order chi connectivity index (χ1) is 8.80. The predicted octanol–water partition coefficient (Wildman–Crippen LogP) is 4.86. The molecule has 108 valence electrons. The molecule has 0 bridgehead atoms. The fourth-order valence-electron chi connectivity index (χ4n) is 2.74. The molecule has 0 heterocycles. The average Bonchev–Trinajstić information content (AvgIpc) is 2.28. The van der Waals surface area contributed by atoms with Crippen molar-refractivity contribution in [2.75, 3.05) is 0 Å². The molecule has 1 N–H and O–H groups in total. The van der Waals surface area contributed by atoms with E-state index < -0.39 is 5.60 Å². The molecule has 0 saturated heterocycles. The van der Waals surface area contributed by atoms with Crippen LogP contribution in [0.3, 0.4) is 0 Å². The van der Waals surface area contributed by atoms with Crippen LogP contribution in [0.5, 0.6) is 0 Å². The van der Waals surface area contributed by atoms with Gasteiger partial charge in [0.05, 0.1) is 5.60 Å². The molecule has 1 nitrogen and oxygen atoms in total. The van der Waals surface area contributed by atoms with Gasteiger partial charge < -0.3 is 5.11 Å². The van der Waals surface area contributed by atoms with Crippen LogP contribution in [-0.4, -0.2) is 10.7 Å². The van der Waals surface area contributed by atoms with E-state index in [0.717, 1.165) is 32.1 Å². The van der Waals surface area contributed by atoms with Gasteiger partial charge >= 0.3 is 0 Å². The summed E-state index contributed by atoms with van der Waals surface area (Å²) in [6.45, 7) is 11.0. The van der Waals surface area contributed by atoms with Gasteiger partial charge in [-0.2, -0.15) is 0 Å². The molecule has 0 aromatic heterocycles. The Kier molecular flexibility index (Phi) is 5.61. The molecule has 19 heavy (non-hydrogen) atoms. The van der Waals surface area contributed by atoms with Crippen LogP contribution in [0, 0.1) is 0 Å². The van der Waals surface area contributed by atoms with Gasteiger partial charge in [0.25, 0.3) is 0 Å². The zero-order valence-electron chi connectivity index (χ0n) is 13.3. The van der Waals surface area contributed by atoms with Gasteiger partial charge in [-0.05, 0) is 29.4 Å². The van der Waals surface area contributed by atoms with Crippen molar-refractivity contribution in [1.82, 2.24) is 0 Å². The highest BCUT2D eigenvalue weighted by molar-refractivity contribution is 5.28. The number of benzene rings is 1. The van der Waals surface area contributed by atoms with Crippen molar-refractivity contribution in [2.24, 2.45) is 0 Å². The lowest BCUT2D eigenvalue weighted by Gasteiger charge is -2.28. The Bertz CT molecular complexity index is 364. The van der Waals surface area contributed by atoms with Crippen molar-refractivity contribution in [2.45, 2.75) is 77.7 Å². The smallest absolute Gasteiger partial charge is 0.0687 e. The molecule has 0 spiro atoms. The van der Waals surface area contributed by atoms with E-state index in [0.29, 0.717) is 0 Å². The SMILES string of the molecule is CCCC(O)(CCC)Cc1ccc(C(C)(C)C)cc1. The number of rotatable bonds is 6. The molecule has 0 aliphatic heterocycles. The van der Waals surface area contributed by atoms with Crippen molar-refractivity contribution in [3.63, 3.8) is 0 Å². The van der Waals surface area contributed by atoms with Gasteiger partial charge in [0.15, 0.2) is 0 Å². The zero-order valence-corrected chi connectivity index (χ0v) is 13.3. The summed E-state index contributed by atoms with van der Waals surface area (Å²) >= 11 is 0. The molecule has 0 aliphatic rings. The van der Waals surface area contributed by atoms with Crippen molar-refractivity contribution in [3.05, 3.63) is 35.4 Å². The van der Waals surface area contributed by atoms with Crippen LogP contribution in [0.15, 0.2) is 24.3 Å². The molecule has 1 heteroatoms. The van der Waals surface area contributed by atoms with Crippen LogP contribution in [0.1, 0.15) is 71.4 Å². The fraction of sp³-hybridized carbons (Fsp3) is 0.667. The van der Waals surface area contributed by atoms with Crippen LogP contribution in [0.2, 0.25) is 0 Å². The molecule has 0 aliphatic carbocycles. The molecule has 0 saturated carbocycles. The van der Waals surface area contributed by atoms with Crippen molar-refractivity contribution < 1.29 is 5.11 Å². The Hall–Kier alpha value is -0.820. The second-order valence-electron chi connectivity index (χ2n) is 6.85. The third-order valence-electron chi connectivity index (χ3n) is 3.78. The summed E-state index contributed by atoms with van der Waals surface area (Å²) in [5.74, 6) is 0. The van der Waals surface area contributed by atoms with E-state index in [1.807, 2.05) is 0 Å². The molecule has 0 atom stereocenters. The minimum absolute atomic E-state index is 0.196. The van der Waals surface area contributed by atoms with Crippen molar-refractivity contribution in [1.29, 1.82) is 0 Å². The number of hydrogen-bond acceptors (Lipinski definition) is 1. The highest BCUT2D eigenvalue weighted by Crippen LogP contribution is 2.27. The molecular weight excluding hydrogens is 232 g/mol. The Morgan fingerprint density at radius 3 is 1.74 bits per heavy atom. The summed E-state index contributed by atoms with van der Waals surface area (Å²) < 4.78 is 0. The molecule has 1 aromatic carbocycles. The molecule has 0 unspecified atom stereocenters. The predicted molar refractivity (Wildman–Crippen MR) is 83.6 cm³/mol. The Morgan fingerprint density at radius 2 is 1.37 bits per heavy atom. The largest absolute Gasteiger partial charge is 0.390 e. The maximum Gasteiger partial charge on any atom is 0.0687 e. The third kappa shape index (κ3) is 4.99. The Morgan fingerprint density at radius 1 is 0.895 bits per heavy atom. The zero-order chi connectivity index (χ0) is 14.5. The van der Waals surface area contributed by atoms with Crippen LogP contribution < -0.4 is 0 Å². The molecular formula is C18H30O. The van der Waals surface area contributed by atoms with Gasteiger partial charge in [0.1, 0.15) is 0 Å². The van der Waals surface area contributed by atoms with Gasteiger partial charge in [-0.3, -0.25) is 0 Å². The monoisotopic (exact) mass is 262 g/mol. The van der Waals surface area contributed by atoms with E-state index in [4.69, 9.17) is 0 Å². The highest BCUT2D eigenvalue weighted by Gasteiger charge is 2.25. The van der Waals surface area contributed by atoms with E-state index in [2.05, 4.69) is 58.9 Å². The second-order valence-corrected chi connectivity index (χ2v) is 6.85. The summed E-state index contributed by atoms with van der Waals surface area (Å²) in [5, 5.41) is 10.7. The van der Waals surface area contributed by atoms with Crippen LogP contribution in [0.25, 0.3) is 0 Å². The number of hydrogen-bond donors (Lipinski definition) is 1. The summed E-state index contributed by atoms with van der Waals surface area (Å²) in [6.07, 6.45) is 4.63. The maximum absolute atomic E-state index is 10.7.